The number of hydrogen-bond acceptors (Lipinski definition) is 5. The number of likely N-dealkylation sites (N-methyl/N-ethyl adjacent to an activating group) is 1. The molecule has 0 saturated carbocycles. The molecule has 3 rings (SSSR count). The molecule has 1 aliphatic rings. The van der Waals surface area contributed by atoms with Gasteiger partial charge in [0.05, 0.1) is 18.0 Å². The van der Waals surface area contributed by atoms with Crippen molar-refractivity contribution in [1.82, 2.24) is 14.5 Å². The molecule has 1 aliphatic heterocycles. The second-order valence-corrected chi connectivity index (χ2v) is 9.68. The summed E-state index contributed by atoms with van der Waals surface area (Å²) < 4.78 is 26.8. The van der Waals surface area contributed by atoms with Gasteiger partial charge in [-0.3, -0.25) is 14.4 Å². The molecule has 0 radical (unpaired) electrons. The Morgan fingerprint density at radius 2 is 1.91 bits per heavy atom. The molecule has 9 nitrogen and oxygen atoms in total. The first-order chi connectivity index (χ1) is 15.1. The van der Waals surface area contributed by atoms with Gasteiger partial charge in [-0.1, -0.05) is 18.2 Å². The summed E-state index contributed by atoms with van der Waals surface area (Å²) in [6, 6.07) is 11.3. The zero-order valence-electron chi connectivity index (χ0n) is 18.2. The van der Waals surface area contributed by atoms with Crippen molar-refractivity contribution < 1.29 is 22.8 Å². The fraction of sp³-hybridized carbons (Fsp3) is 0.318. The van der Waals surface area contributed by atoms with Crippen molar-refractivity contribution in [2.75, 3.05) is 38.5 Å². The molecule has 10 heteroatoms. The highest BCUT2D eigenvalue weighted by Crippen LogP contribution is 2.19. The summed E-state index contributed by atoms with van der Waals surface area (Å²) in [5.41, 5.74) is 2.71. The van der Waals surface area contributed by atoms with Crippen LogP contribution in [0.5, 0.6) is 0 Å². The number of sulfonamides is 1. The molecule has 1 heterocycles. The Labute approximate surface area is 187 Å². The first kappa shape index (κ1) is 23.4. The monoisotopic (exact) mass is 458 g/mol. The first-order valence-electron chi connectivity index (χ1n) is 10.1. The van der Waals surface area contributed by atoms with E-state index in [1.165, 1.54) is 36.2 Å². The van der Waals surface area contributed by atoms with Crippen molar-refractivity contribution in [3.05, 3.63) is 59.2 Å². The van der Waals surface area contributed by atoms with Crippen LogP contribution in [0.3, 0.4) is 0 Å². The summed E-state index contributed by atoms with van der Waals surface area (Å²) in [6.45, 7) is 3.72. The second-order valence-electron chi connectivity index (χ2n) is 7.74. The summed E-state index contributed by atoms with van der Waals surface area (Å²) in [5, 5.41) is 5.38. The fourth-order valence-corrected chi connectivity index (χ4v) is 4.77. The van der Waals surface area contributed by atoms with Crippen LogP contribution in [0.25, 0.3) is 0 Å². The van der Waals surface area contributed by atoms with E-state index < -0.39 is 15.9 Å². The van der Waals surface area contributed by atoms with Crippen molar-refractivity contribution in [3.63, 3.8) is 0 Å². The third kappa shape index (κ3) is 5.32. The van der Waals surface area contributed by atoms with Crippen LogP contribution in [0.2, 0.25) is 0 Å². The molecule has 2 N–H and O–H groups in total. The van der Waals surface area contributed by atoms with Crippen LogP contribution in [0.15, 0.2) is 47.4 Å². The molecule has 1 saturated heterocycles. The van der Waals surface area contributed by atoms with Crippen LogP contribution in [0.4, 0.5) is 5.69 Å². The maximum Gasteiger partial charge on any atom is 0.254 e. The molecule has 0 unspecified atom stereocenters. The highest BCUT2D eigenvalue weighted by atomic mass is 32.2. The fourth-order valence-electron chi connectivity index (χ4n) is 3.33. The highest BCUT2D eigenvalue weighted by molar-refractivity contribution is 7.89. The Morgan fingerprint density at radius 1 is 1.16 bits per heavy atom. The van der Waals surface area contributed by atoms with E-state index in [2.05, 4.69) is 10.6 Å². The molecule has 3 amide bonds. The van der Waals surface area contributed by atoms with Crippen molar-refractivity contribution in [2.24, 2.45) is 0 Å². The largest absolute Gasteiger partial charge is 0.354 e. The van der Waals surface area contributed by atoms with Gasteiger partial charge in [0.1, 0.15) is 0 Å². The summed E-state index contributed by atoms with van der Waals surface area (Å²) in [7, 11) is -2.45. The van der Waals surface area contributed by atoms with Crippen LogP contribution in [0, 0.1) is 13.8 Å². The molecular formula is C22H26N4O5S. The smallest absolute Gasteiger partial charge is 0.254 e. The van der Waals surface area contributed by atoms with Gasteiger partial charge in [-0.2, -0.15) is 4.31 Å². The van der Waals surface area contributed by atoms with E-state index in [9.17, 15) is 22.8 Å². The van der Waals surface area contributed by atoms with E-state index in [0.717, 1.165) is 15.4 Å². The number of anilines is 1. The van der Waals surface area contributed by atoms with Gasteiger partial charge >= 0.3 is 0 Å². The van der Waals surface area contributed by atoms with Gasteiger partial charge in [-0.15, -0.1) is 0 Å². The van der Waals surface area contributed by atoms with E-state index >= 15 is 0 Å². The molecule has 0 aliphatic carbocycles. The van der Waals surface area contributed by atoms with Crippen LogP contribution >= 0.6 is 0 Å². The predicted octanol–water partition coefficient (Wildman–Crippen LogP) is 1.13. The quantitative estimate of drug-likeness (QED) is 0.673. The topological polar surface area (TPSA) is 116 Å². The SMILES string of the molecule is Cc1ccc(C)c(NC(=O)CN(C)C(=O)c2cccc(S(=O)(=O)N3CCNC(=O)C3)c2)c1. The molecule has 32 heavy (non-hydrogen) atoms. The summed E-state index contributed by atoms with van der Waals surface area (Å²) in [6.07, 6.45) is 0. The van der Waals surface area contributed by atoms with Crippen molar-refractivity contribution in [3.8, 4) is 0 Å². The lowest BCUT2D eigenvalue weighted by molar-refractivity contribution is -0.122. The number of amides is 3. The predicted molar refractivity (Wildman–Crippen MR) is 120 cm³/mol. The standard InChI is InChI=1S/C22H26N4O5S/c1-15-7-8-16(2)19(11-15)24-21(28)13-25(3)22(29)17-5-4-6-18(12-17)32(30,31)26-10-9-23-20(27)14-26/h4-8,11-12H,9-10,13-14H2,1-3H3,(H,23,27)(H,24,28). The molecule has 170 valence electrons. The minimum absolute atomic E-state index is 0.0775. The van der Waals surface area contributed by atoms with Crippen LogP contribution in [-0.4, -0.2) is 68.6 Å². The van der Waals surface area contributed by atoms with Gasteiger partial charge in [0.25, 0.3) is 5.91 Å². The molecule has 1 fully saturated rings. The van der Waals surface area contributed by atoms with E-state index in [0.29, 0.717) is 5.69 Å². The van der Waals surface area contributed by atoms with Gasteiger partial charge in [0.15, 0.2) is 0 Å². The minimum atomic E-state index is -3.93. The lowest BCUT2D eigenvalue weighted by Crippen LogP contribution is -2.49. The van der Waals surface area contributed by atoms with Gasteiger partial charge in [0.2, 0.25) is 21.8 Å². The molecule has 2 aromatic carbocycles. The Morgan fingerprint density at radius 3 is 2.62 bits per heavy atom. The zero-order valence-corrected chi connectivity index (χ0v) is 19.0. The summed E-state index contributed by atoms with van der Waals surface area (Å²) in [4.78, 5) is 38.0. The number of aryl methyl sites for hydroxylation is 2. The van der Waals surface area contributed by atoms with Crippen LogP contribution < -0.4 is 10.6 Å². The number of benzene rings is 2. The van der Waals surface area contributed by atoms with E-state index in [1.54, 1.807) is 0 Å². The summed E-state index contributed by atoms with van der Waals surface area (Å²) >= 11 is 0. The van der Waals surface area contributed by atoms with Crippen LogP contribution in [-0.2, 0) is 19.6 Å². The third-order valence-corrected chi connectivity index (χ3v) is 6.96. The first-order valence-corrected chi connectivity index (χ1v) is 11.5. The Kier molecular flexibility index (Phi) is 6.95. The number of hydrogen-bond donors (Lipinski definition) is 2. The second kappa shape index (κ2) is 9.49. The van der Waals surface area contributed by atoms with Crippen molar-refractivity contribution >= 4 is 33.4 Å². The number of carbonyl (C=O) groups is 3. The average Bonchev–Trinajstić information content (AvgIpc) is 2.75. The number of nitrogens with zero attached hydrogens (tertiary/aromatic N) is 2. The van der Waals surface area contributed by atoms with Crippen molar-refractivity contribution in [1.29, 1.82) is 0 Å². The van der Waals surface area contributed by atoms with E-state index in [-0.39, 0.29) is 48.5 Å². The Bertz CT molecular complexity index is 1160. The lowest BCUT2D eigenvalue weighted by Gasteiger charge is -2.26. The average molecular weight is 459 g/mol. The molecule has 0 spiro atoms. The molecule has 0 bridgehead atoms. The van der Waals surface area contributed by atoms with Gasteiger partial charge in [-0.05, 0) is 49.2 Å². The Hall–Kier alpha value is -3.24. The number of rotatable bonds is 6. The maximum absolute atomic E-state index is 12.9. The van der Waals surface area contributed by atoms with Gasteiger partial charge in [-0.25, -0.2) is 8.42 Å². The summed E-state index contributed by atoms with van der Waals surface area (Å²) in [5.74, 6) is -1.23. The van der Waals surface area contributed by atoms with E-state index in [4.69, 9.17) is 0 Å². The molecule has 0 aromatic heterocycles. The Balaban J connectivity index is 1.71. The number of nitrogens with one attached hydrogen (secondary N) is 2. The molecule has 2 aromatic rings. The maximum atomic E-state index is 12.9. The molecule has 0 atom stereocenters. The number of carbonyl (C=O) groups excluding carboxylic acids is 3. The number of piperazine rings is 1. The highest BCUT2D eigenvalue weighted by Gasteiger charge is 2.29. The normalized spacial score (nSPS) is 14.5. The third-order valence-electron chi connectivity index (χ3n) is 5.12. The zero-order chi connectivity index (χ0) is 23.5. The van der Waals surface area contributed by atoms with Crippen molar-refractivity contribution in [2.45, 2.75) is 18.7 Å². The lowest BCUT2D eigenvalue weighted by atomic mass is 10.1. The molecular weight excluding hydrogens is 432 g/mol. The van der Waals surface area contributed by atoms with Gasteiger partial charge in [0, 0.05) is 31.4 Å². The van der Waals surface area contributed by atoms with Crippen LogP contribution in [0.1, 0.15) is 21.5 Å². The van der Waals surface area contributed by atoms with E-state index in [1.807, 2.05) is 32.0 Å². The minimum Gasteiger partial charge on any atom is -0.354 e. The van der Waals surface area contributed by atoms with Gasteiger partial charge < -0.3 is 15.5 Å².